The van der Waals surface area contributed by atoms with Gasteiger partial charge in [-0.15, -0.1) is 0 Å². The van der Waals surface area contributed by atoms with E-state index in [4.69, 9.17) is 19.9 Å². The van der Waals surface area contributed by atoms with Crippen LogP contribution in [0.3, 0.4) is 0 Å². The maximum absolute atomic E-state index is 5.14. The Morgan fingerprint density at radius 3 is 1.17 bits per heavy atom. The van der Waals surface area contributed by atoms with E-state index in [0.29, 0.717) is 0 Å². The molecular weight excluding hydrogens is 560 g/mol. The summed E-state index contributed by atoms with van der Waals surface area (Å²) in [5, 5.41) is 4.28. The third kappa shape index (κ3) is 4.56. The van der Waals surface area contributed by atoms with E-state index in [1.807, 2.05) is 24.5 Å². The van der Waals surface area contributed by atoms with Gasteiger partial charge in [-0.25, -0.2) is 9.97 Å². The molecule has 46 heavy (non-hydrogen) atoms. The average Bonchev–Trinajstić information content (AvgIpc) is 3.14. The molecule has 0 N–H and O–H groups in total. The van der Waals surface area contributed by atoms with E-state index in [1.54, 1.807) is 0 Å². The summed E-state index contributed by atoms with van der Waals surface area (Å²) in [6, 6.07) is 50.5. The predicted octanol–water partition coefficient (Wildman–Crippen LogP) is 10.5. The first-order chi connectivity index (χ1) is 22.8. The van der Waals surface area contributed by atoms with Crippen LogP contribution in [-0.2, 0) is 0 Å². The fraction of sp³-hybridized carbons (Fsp3) is 0. The maximum atomic E-state index is 5.14. The number of pyridine rings is 4. The summed E-state index contributed by atoms with van der Waals surface area (Å²) in [5.41, 5.74) is 12.0. The van der Waals surface area contributed by atoms with Crippen molar-refractivity contribution in [3.63, 3.8) is 0 Å². The van der Waals surface area contributed by atoms with Crippen LogP contribution in [-0.4, -0.2) is 19.9 Å². The van der Waals surface area contributed by atoms with Crippen molar-refractivity contribution in [2.45, 2.75) is 0 Å². The van der Waals surface area contributed by atoms with Crippen LogP contribution in [0.5, 0.6) is 0 Å². The molecule has 0 atom stereocenters. The Morgan fingerprint density at radius 2 is 0.696 bits per heavy atom. The molecule has 0 radical (unpaired) electrons. The monoisotopic (exact) mass is 586 g/mol. The Bertz CT molecular complexity index is 2400. The molecule has 0 bridgehead atoms. The fourth-order valence-corrected chi connectivity index (χ4v) is 6.30. The van der Waals surface area contributed by atoms with Crippen LogP contribution in [0.2, 0.25) is 0 Å². The van der Waals surface area contributed by atoms with Gasteiger partial charge >= 0.3 is 0 Å². The lowest BCUT2D eigenvalue weighted by molar-refractivity contribution is 1.36. The zero-order valence-corrected chi connectivity index (χ0v) is 24.8. The summed E-state index contributed by atoms with van der Waals surface area (Å²) < 4.78 is 0. The van der Waals surface area contributed by atoms with Crippen LogP contribution in [0.4, 0.5) is 0 Å². The largest absolute Gasteiger partial charge is 0.253 e. The van der Waals surface area contributed by atoms with Gasteiger partial charge in [-0.3, -0.25) is 9.97 Å². The molecular formula is C42H26N4. The van der Waals surface area contributed by atoms with Gasteiger partial charge in [0.2, 0.25) is 0 Å². The van der Waals surface area contributed by atoms with Crippen LogP contribution in [0.15, 0.2) is 158 Å². The zero-order valence-electron chi connectivity index (χ0n) is 24.8. The van der Waals surface area contributed by atoms with E-state index in [1.165, 1.54) is 0 Å². The van der Waals surface area contributed by atoms with Gasteiger partial charge in [0.15, 0.2) is 0 Å². The average molecular weight is 587 g/mol. The molecule has 0 aliphatic rings. The quantitative estimate of drug-likeness (QED) is 0.193. The normalized spacial score (nSPS) is 11.5. The summed E-state index contributed by atoms with van der Waals surface area (Å²) in [7, 11) is 0. The molecule has 5 aromatic carbocycles. The van der Waals surface area contributed by atoms with Crippen molar-refractivity contribution in [1.29, 1.82) is 0 Å². The fourth-order valence-electron chi connectivity index (χ4n) is 6.30. The van der Waals surface area contributed by atoms with Gasteiger partial charge in [-0.2, -0.15) is 0 Å². The minimum atomic E-state index is 0.899. The molecule has 0 aliphatic heterocycles. The van der Waals surface area contributed by atoms with Crippen molar-refractivity contribution in [3.8, 4) is 44.8 Å². The van der Waals surface area contributed by atoms with Gasteiger partial charge in [0.25, 0.3) is 0 Å². The lowest BCUT2D eigenvalue weighted by Gasteiger charge is -2.10. The van der Waals surface area contributed by atoms with Crippen molar-refractivity contribution in [3.05, 3.63) is 158 Å². The molecule has 0 spiro atoms. The molecule has 0 amide bonds. The Kier molecular flexibility index (Phi) is 6.10. The summed E-state index contributed by atoms with van der Waals surface area (Å²) in [5.74, 6) is 0. The molecule has 4 heteroatoms. The number of benzene rings is 5. The molecule has 4 heterocycles. The van der Waals surface area contributed by atoms with E-state index in [9.17, 15) is 0 Å². The highest BCUT2D eigenvalue weighted by molar-refractivity contribution is 6.05. The van der Waals surface area contributed by atoms with E-state index < -0.39 is 0 Å². The van der Waals surface area contributed by atoms with E-state index in [0.717, 1.165) is 88.4 Å². The minimum Gasteiger partial charge on any atom is -0.253 e. The van der Waals surface area contributed by atoms with Crippen LogP contribution in [0, 0.1) is 0 Å². The summed E-state index contributed by atoms with van der Waals surface area (Å²) in [6.07, 6.45) is 3.89. The highest BCUT2D eigenvalue weighted by Gasteiger charge is 2.11. The van der Waals surface area contributed by atoms with E-state index in [-0.39, 0.29) is 0 Å². The maximum Gasteiger partial charge on any atom is 0.0972 e. The van der Waals surface area contributed by atoms with Crippen molar-refractivity contribution < 1.29 is 0 Å². The van der Waals surface area contributed by atoms with Crippen LogP contribution in [0.1, 0.15) is 0 Å². The first kappa shape index (κ1) is 26.2. The molecule has 0 fully saturated rings. The Hall–Kier alpha value is -6.26. The molecule has 9 aromatic rings. The minimum absolute atomic E-state index is 0.899. The first-order valence-corrected chi connectivity index (χ1v) is 15.4. The highest BCUT2D eigenvalue weighted by Crippen LogP contribution is 2.32. The SMILES string of the molecule is c1ccc(-c2cnc3c(ccc4ccc(-c5cccc(-c6ccc7ccc8cc(-c9ccccc9)cnc8c7n6)c5)nc43)c2)cc1. The summed E-state index contributed by atoms with van der Waals surface area (Å²) >= 11 is 0. The Labute approximate surface area is 265 Å². The van der Waals surface area contributed by atoms with Gasteiger partial charge < -0.3 is 0 Å². The second kappa shape index (κ2) is 10.7. The third-order valence-corrected chi connectivity index (χ3v) is 8.69. The van der Waals surface area contributed by atoms with Crippen molar-refractivity contribution in [1.82, 2.24) is 19.9 Å². The number of rotatable bonds is 4. The van der Waals surface area contributed by atoms with E-state index in [2.05, 4.69) is 133 Å². The van der Waals surface area contributed by atoms with Crippen molar-refractivity contribution >= 4 is 43.6 Å². The topological polar surface area (TPSA) is 51.6 Å². The van der Waals surface area contributed by atoms with Crippen LogP contribution >= 0.6 is 0 Å². The smallest absolute Gasteiger partial charge is 0.0972 e. The van der Waals surface area contributed by atoms with Gasteiger partial charge in [-0.05, 0) is 41.5 Å². The standard InChI is InChI=1S/C42H26N4/c1-3-8-27(9-4-1)35-23-33-16-14-29-18-20-37(45-41(29)39(33)43-25-35)31-12-7-13-32(22-31)38-21-19-30-15-17-34-24-36(28-10-5-2-6-11-28)26-44-40(34)42(30)46-38/h1-26H. The summed E-state index contributed by atoms with van der Waals surface area (Å²) in [4.78, 5) is 20.1. The van der Waals surface area contributed by atoms with Crippen molar-refractivity contribution in [2.75, 3.05) is 0 Å². The molecule has 4 aromatic heterocycles. The molecule has 0 saturated heterocycles. The number of nitrogens with zero attached hydrogens (tertiary/aromatic N) is 4. The van der Waals surface area contributed by atoms with E-state index >= 15 is 0 Å². The molecule has 0 saturated carbocycles. The predicted molar refractivity (Wildman–Crippen MR) is 189 cm³/mol. The zero-order chi connectivity index (χ0) is 30.5. The Morgan fingerprint density at radius 1 is 0.283 bits per heavy atom. The van der Waals surface area contributed by atoms with Crippen LogP contribution < -0.4 is 0 Å². The van der Waals surface area contributed by atoms with Gasteiger partial charge in [0.05, 0.1) is 33.5 Å². The van der Waals surface area contributed by atoms with Gasteiger partial charge in [0.1, 0.15) is 0 Å². The Balaban J connectivity index is 1.11. The number of fused-ring (bicyclic) bond motifs is 6. The molecule has 214 valence electrons. The lowest BCUT2D eigenvalue weighted by atomic mass is 10.0. The number of aromatic nitrogens is 4. The lowest BCUT2D eigenvalue weighted by Crippen LogP contribution is -1.92. The second-order valence-electron chi connectivity index (χ2n) is 11.6. The van der Waals surface area contributed by atoms with Gasteiger partial charge in [0, 0.05) is 56.2 Å². The van der Waals surface area contributed by atoms with Gasteiger partial charge in [-0.1, -0.05) is 115 Å². The highest BCUT2D eigenvalue weighted by atomic mass is 14.8. The first-order valence-electron chi connectivity index (χ1n) is 15.4. The van der Waals surface area contributed by atoms with Crippen molar-refractivity contribution in [2.24, 2.45) is 0 Å². The third-order valence-electron chi connectivity index (χ3n) is 8.69. The second-order valence-corrected chi connectivity index (χ2v) is 11.6. The molecule has 0 aliphatic carbocycles. The number of hydrogen-bond acceptors (Lipinski definition) is 4. The van der Waals surface area contributed by atoms with Crippen LogP contribution in [0.25, 0.3) is 88.4 Å². The molecule has 0 unspecified atom stereocenters. The molecule has 9 rings (SSSR count). The molecule has 4 nitrogen and oxygen atoms in total. The number of hydrogen-bond donors (Lipinski definition) is 0. The summed E-state index contributed by atoms with van der Waals surface area (Å²) in [6.45, 7) is 0.